The van der Waals surface area contributed by atoms with Crippen molar-refractivity contribution < 1.29 is 24.5 Å². The number of carbonyl (C=O) groups is 1. The third kappa shape index (κ3) is 12.8. The molecule has 0 aromatic carbocycles. The number of hydrogen-bond acceptors (Lipinski definition) is 5. The van der Waals surface area contributed by atoms with Crippen LogP contribution in [0.4, 0.5) is 0 Å². The Kier molecular flexibility index (Phi) is 11.6. The number of ether oxygens (including phenoxy) is 2. The van der Waals surface area contributed by atoms with E-state index in [1.807, 2.05) is 6.92 Å². The number of rotatable bonds is 13. The van der Waals surface area contributed by atoms with Gasteiger partial charge in [-0.2, -0.15) is 0 Å². The molecular weight excluding hydrogens is 272 g/mol. The summed E-state index contributed by atoms with van der Waals surface area (Å²) in [6.45, 7) is 7.24. The second-order valence-corrected chi connectivity index (χ2v) is 6.18. The van der Waals surface area contributed by atoms with E-state index < -0.39 is 0 Å². The zero-order valence-corrected chi connectivity index (χ0v) is 13.8. The fraction of sp³-hybridized carbons (Fsp3) is 0.938. The van der Waals surface area contributed by atoms with Gasteiger partial charge in [-0.1, -0.05) is 19.8 Å². The van der Waals surface area contributed by atoms with Gasteiger partial charge in [-0.15, -0.1) is 0 Å². The summed E-state index contributed by atoms with van der Waals surface area (Å²) in [5, 5.41) is 17.3. The summed E-state index contributed by atoms with van der Waals surface area (Å²) in [5.74, 6) is 0.106. The van der Waals surface area contributed by atoms with E-state index in [2.05, 4.69) is 13.8 Å². The Hall–Kier alpha value is -0.650. The highest BCUT2D eigenvalue weighted by atomic mass is 16.5. The lowest BCUT2D eigenvalue weighted by Gasteiger charge is -2.25. The van der Waals surface area contributed by atoms with Gasteiger partial charge in [0.1, 0.15) is 0 Å². The molecule has 0 rings (SSSR count). The third-order valence-electron chi connectivity index (χ3n) is 3.35. The topological polar surface area (TPSA) is 76.0 Å². The van der Waals surface area contributed by atoms with Crippen molar-refractivity contribution in [3.63, 3.8) is 0 Å². The Bertz CT molecular complexity index is 265. The average molecular weight is 304 g/mol. The highest BCUT2D eigenvalue weighted by Gasteiger charge is 2.18. The van der Waals surface area contributed by atoms with Gasteiger partial charge in [-0.25, -0.2) is 0 Å². The van der Waals surface area contributed by atoms with Crippen molar-refractivity contribution in [2.24, 2.45) is 5.92 Å². The molecule has 0 fully saturated rings. The molecule has 0 aromatic heterocycles. The highest BCUT2D eigenvalue weighted by Crippen LogP contribution is 2.21. The zero-order chi connectivity index (χ0) is 16.1. The molecule has 0 aromatic rings. The molecule has 0 saturated carbocycles. The summed E-state index contributed by atoms with van der Waals surface area (Å²) < 4.78 is 10.7. The first-order chi connectivity index (χ1) is 9.91. The molecule has 126 valence electrons. The Morgan fingerprint density at radius 2 is 1.71 bits per heavy atom. The van der Waals surface area contributed by atoms with Gasteiger partial charge in [0, 0.05) is 32.7 Å². The maximum atomic E-state index is 11.5. The Labute approximate surface area is 128 Å². The molecule has 21 heavy (non-hydrogen) atoms. The van der Waals surface area contributed by atoms with Crippen LogP contribution in [0, 0.1) is 5.92 Å². The van der Waals surface area contributed by atoms with Crippen molar-refractivity contribution in [3.05, 3.63) is 0 Å². The van der Waals surface area contributed by atoms with E-state index in [1.165, 1.54) is 0 Å². The summed E-state index contributed by atoms with van der Waals surface area (Å²) >= 11 is 0. The number of aliphatic hydroxyl groups is 2. The first-order valence-electron chi connectivity index (χ1n) is 7.92. The lowest BCUT2D eigenvalue weighted by molar-refractivity contribution is -0.144. The van der Waals surface area contributed by atoms with Crippen LogP contribution in [0.15, 0.2) is 0 Å². The van der Waals surface area contributed by atoms with Crippen molar-refractivity contribution in [1.29, 1.82) is 0 Å². The maximum absolute atomic E-state index is 11.5. The molecule has 2 N–H and O–H groups in total. The average Bonchev–Trinajstić information content (AvgIpc) is 2.38. The summed E-state index contributed by atoms with van der Waals surface area (Å²) in [5.41, 5.74) is -0.184. The molecule has 0 amide bonds. The van der Waals surface area contributed by atoms with Crippen LogP contribution in [0.1, 0.15) is 59.3 Å². The van der Waals surface area contributed by atoms with Crippen LogP contribution < -0.4 is 0 Å². The van der Waals surface area contributed by atoms with Gasteiger partial charge in [-0.3, -0.25) is 4.79 Å². The number of carbonyl (C=O) groups excluding carboxylic acids is 1. The maximum Gasteiger partial charge on any atom is 0.306 e. The van der Waals surface area contributed by atoms with E-state index in [0.717, 1.165) is 19.3 Å². The summed E-state index contributed by atoms with van der Waals surface area (Å²) in [7, 11) is 0. The van der Waals surface area contributed by atoms with E-state index in [9.17, 15) is 4.79 Å². The minimum absolute atomic E-state index is 0.0498. The zero-order valence-electron chi connectivity index (χ0n) is 13.8. The van der Waals surface area contributed by atoms with Crippen molar-refractivity contribution in [2.75, 3.05) is 26.4 Å². The van der Waals surface area contributed by atoms with E-state index in [0.29, 0.717) is 38.4 Å². The van der Waals surface area contributed by atoms with Gasteiger partial charge in [-0.05, 0) is 32.6 Å². The predicted molar refractivity (Wildman–Crippen MR) is 82.0 cm³/mol. The molecule has 0 aliphatic rings. The molecule has 0 radical (unpaired) electrons. The van der Waals surface area contributed by atoms with Gasteiger partial charge in [0.25, 0.3) is 0 Å². The van der Waals surface area contributed by atoms with Crippen LogP contribution in [0.25, 0.3) is 0 Å². The Balaban J connectivity index is 3.72. The van der Waals surface area contributed by atoms with Crippen molar-refractivity contribution in [2.45, 2.75) is 64.9 Å². The summed E-state index contributed by atoms with van der Waals surface area (Å²) in [4.78, 5) is 11.5. The van der Waals surface area contributed by atoms with Crippen molar-refractivity contribution in [1.82, 2.24) is 0 Å². The second kappa shape index (κ2) is 12.0. The van der Waals surface area contributed by atoms with E-state index in [1.54, 1.807) is 0 Å². The number of esters is 1. The van der Waals surface area contributed by atoms with Crippen LogP contribution in [-0.4, -0.2) is 48.2 Å². The van der Waals surface area contributed by atoms with Crippen LogP contribution >= 0.6 is 0 Å². The number of hydrogen-bond donors (Lipinski definition) is 2. The fourth-order valence-electron chi connectivity index (χ4n) is 2.06. The van der Waals surface area contributed by atoms with Crippen LogP contribution in [0.2, 0.25) is 0 Å². The van der Waals surface area contributed by atoms with Gasteiger partial charge in [0.05, 0.1) is 12.2 Å². The third-order valence-corrected chi connectivity index (χ3v) is 3.35. The Morgan fingerprint density at radius 3 is 2.33 bits per heavy atom. The van der Waals surface area contributed by atoms with Crippen molar-refractivity contribution >= 4 is 5.97 Å². The quantitative estimate of drug-likeness (QED) is 0.403. The molecule has 1 unspecified atom stereocenters. The van der Waals surface area contributed by atoms with Gasteiger partial charge in [0.2, 0.25) is 0 Å². The predicted octanol–water partition coefficient (Wildman–Crippen LogP) is 2.29. The van der Waals surface area contributed by atoms with E-state index in [4.69, 9.17) is 19.7 Å². The smallest absolute Gasteiger partial charge is 0.306 e. The molecule has 0 heterocycles. The van der Waals surface area contributed by atoms with E-state index >= 15 is 0 Å². The van der Waals surface area contributed by atoms with Crippen LogP contribution in [0.5, 0.6) is 0 Å². The van der Waals surface area contributed by atoms with Gasteiger partial charge < -0.3 is 19.7 Å². The molecule has 0 saturated heterocycles. The largest absolute Gasteiger partial charge is 0.466 e. The Morgan fingerprint density at radius 1 is 1.10 bits per heavy atom. The summed E-state index contributed by atoms with van der Waals surface area (Å²) in [6, 6.07) is 0. The van der Waals surface area contributed by atoms with Gasteiger partial charge in [0.15, 0.2) is 0 Å². The molecule has 0 aliphatic carbocycles. The molecule has 0 spiro atoms. The van der Waals surface area contributed by atoms with Crippen LogP contribution in [-0.2, 0) is 14.3 Å². The minimum atomic E-state index is -0.186. The standard InChI is InChI=1S/C16H32O5/c1-14(13-15(19)20-11-5-9-17)7-4-8-16(2,3)21-12-6-10-18/h14,17-18H,4-13H2,1-3H3. The first kappa shape index (κ1) is 20.3. The van der Waals surface area contributed by atoms with Gasteiger partial charge >= 0.3 is 5.97 Å². The molecule has 5 nitrogen and oxygen atoms in total. The first-order valence-corrected chi connectivity index (χ1v) is 7.92. The molecule has 0 bridgehead atoms. The lowest BCUT2D eigenvalue weighted by Crippen LogP contribution is -2.25. The molecule has 0 aliphatic heterocycles. The minimum Gasteiger partial charge on any atom is -0.466 e. The molecule has 5 heteroatoms. The normalized spacial score (nSPS) is 13.2. The van der Waals surface area contributed by atoms with Crippen molar-refractivity contribution in [3.8, 4) is 0 Å². The molecular formula is C16H32O5. The number of aliphatic hydroxyl groups excluding tert-OH is 2. The fourth-order valence-corrected chi connectivity index (χ4v) is 2.06. The monoisotopic (exact) mass is 304 g/mol. The van der Waals surface area contributed by atoms with E-state index in [-0.39, 0.29) is 24.8 Å². The second-order valence-electron chi connectivity index (χ2n) is 6.18. The molecule has 1 atom stereocenters. The SMILES string of the molecule is CC(CCCC(C)(C)OCCCO)CC(=O)OCCCO. The van der Waals surface area contributed by atoms with Crippen LogP contribution in [0.3, 0.4) is 0 Å². The summed E-state index contributed by atoms with van der Waals surface area (Å²) in [6.07, 6.45) is 4.48. The highest BCUT2D eigenvalue weighted by molar-refractivity contribution is 5.69. The lowest BCUT2D eigenvalue weighted by atomic mass is 9.95.